The van der Waals surface area contributed by atoms with Gasteiger partial charge in [0.1, 0.15) is 35.0 Å². The van der Waals surface area contributed by atoms with Gasteiger partial charge in [-0.15, -0.1) is 21.5 Å². The van der Waals surface area contributed by atoms with Crippen LogP contribution >= 0.6 is 36.4 Å². The highest BCUT2D eigenvalue weighted by Gasteiger charge is 2.32. The minimum atomic E-state index is -0.574. The Balaban J connectivity index is 0.00000630. The Morgan fingerprint density at radius 3 is 2.22 bits per heavy atom. The minimum Gasteiger partial charge on any atom is -0.491 e. The Kier molecular flexibility index (Phi) is 16.2. The summed E-state index contributed by atoms with van der Waals surface area (Å²) in [6.07, 6.45) is 2.08. The van der Waals surface area contributed by atoms with Crippen LogP contribution in [-0.4, -0.2) is 84.2 Å². The summed E-state index contributed by atoms with van der Waals surface area (Å²) in [6.45, 7) is 9.03. The molecule has 0 radical (unpaired) electrons. The number of thiophene rings is 1. The van der Waals surface area contributed by atoms with Crippen molar-refractivity contribution in [2.24, 2.45) is 4.99 Å². The van der Waals surface area contributed by atoms with Crippen LogP contribution in [0.15, 0.2) is 96.0 Å². The predicted molar refractivity (Wildman–Crippen MR) is 259 cm³/mol. The number of benzene rings is 4. The van der Waals surface area contributed by atoms with Crippen LogP contribution in [0.2, 0.25) is 5.02 Å². The minimum absolute atomic E-state index is 0. The van der Waals surface area contributed by atoms with E-state index in [1.807, 2.05) is 72.2 Å². The number of carbonyl (C=O) groups is 3. The van der Waals surface area contributed by atoms with E-state index in [1.165, 1.54) is 4.88 Å². The fraction of sp³-hybridized carbons (Fsp3) is 0.320. The molecular weight excluding hydrogens is 882 g/mol. The number of ether oxygens (including phenoxy) is 4. The molecule has 1 aliphatic carbocycles. The van der Waals surface area contributed by atoms with E-state index in [0.29, 0.717) is 99.8 Å². The van der Waals surface area contributed by atoms with Gasteiger partial charge in [0.15, 0.2) is 11.6 Å². The molecular formula is C50H52ClN5O7S2. The highest BCUT2D eigenvalue weighted by Crippen LogP contribution is 2.40. The molecule has 0 saturated carbocycles. The summed E-state index contributed by atoms with van der Waals surface area (Å²) in [4.78, 5) is 44.6. The highest BCUT2D eigenvalue weighted by molar-refractivity contribution is 7.59. The van der Waals surface area contributed by atoms with Gasteiger partial charge in [-0.3, -0.25) is 23.9 Å². The van der Waals surface area contributed by atoms with Gasteiger partial charge in [0.2, 0.25) is 5.91 Å². The molecule has 0 unspecified atom stereocenters. The van der Waals surface area contributed by atoms with Crippen LogP contribution in [-0.2, 0) is 36.6 Å². The number of aromatic nitrogens is 3. The molecule has 0 spiro atoms. The van der Waals surface area contributed by atoms with Crippen molar-refractivity contribution in [1.29, 1.82) is 0 Å². The molecule has 1 atom stereocenters. The molecule has 1 aliphatic heterocycles. The number of nitrogens with one attached hydrogen (secondary N) is 1. The van der Waals surface area contributed by atoms with E-state index >= 15 is 0 Å². The van der Waals surface area contributed by atoms with Crippen molar-refractivity contribution in [3.05, 3.63) is 146 Å². The number of hydrogen-bond acceptors (Lipinski definition) is 11. The predicted octanol–water partition coefficient (Wildman–Crippen LogP) is 9.37. The first-order valence-corrected chi connectivity index (χ1v) is 22.7. The van der Waals surface area contributed by atoms with Gasteiger partial charge >= 0.3 is 0 Å². The average molecular weight is 935 g/mol. The van der Waals surface area contributed by atoms with Gasteiger partial charge in [-0.05, 0) is 97.5 Å². The summed E-state index contributed by atoms with van der Waals surface area (Å²) in [6, 6.07) is 28.0. The molecule has 2 aliphatic rings. The lowest BCUT2D eigenvalue weighted by Crippen LogP contribution is -2.17. The van der Waals surface area contributed by atoms with E-state index in [9.17, 15) is 14.4 Å². The Bertz CT molecular complexity index is 2680. The van der Waals surface area contributed by atoms with Crippen LogP contribution in [0.4, 0.5) is 5.69 Å². The van der Waals surface area contributed by atoms with E-state index in [1.54, 1.807) is 35.6 Å². The van der Waals surface area contributed by atoms with Crippen LogP contribution in [0, 0.1) is 20.8 Å². The summed E-state index contributed by atoms with van der Waals surface area (Å²) in [5.41, 5.74) is 9.34. The topological polar surface area (TPSA) is 143 Å². The molecule has 8 rings (SSSR count). The molecule has 3 heterocycles. The highest BCUT2D eigenvalue weighted by atomic mass is 35.5. The number of carbonyl (C=O) groups excluding carboxylic acids is 3. The van der Waals surface area contributed by atoms with Crippen LogP contribution in [0.5, 0.6) is 5.75 Å². The summed E-state index contributed by atoms with van der Waals surface area (Å²) >= 11 is 7.91. The molecule has 1 N–H and O–H groups in total. The van der Waals surface area contributed by atoms with E-state index < -0.39 is 6.04 Å². The van der Waals surface area contributed by atoms with Crippen LogP contribution in [0.1, 0.15) is 80.0 Å². The lowest BCUT2D eigenvalue weighted by atomic mass is 9.97. The van der Waals surface area contributed by atoms with Crippen LogP contribution in [0.3, 0.4) is 0 Å². The number of rotatable bonds is 20. The number of ketones is 2. The third-order valence-electron chi connectivity index (χ3n) is 11.3. The van der Waals surface area contributed by atoms with Crippen molar-refractivity contribution in [3.8, 4) is 21.9 Å². The van der Waals surface area contributed by atoms with Crippen molar-refractivity contribution in [3.63, 3.8) is 0 Å². The van der Waals surface area contributed by atoms with E-state index in [-0.39, 0.29) is 37.4 Å². The fourth-order valence-corrected chi connectivity index (χ4v) is 9.24. The lowest BCUT2D eigenvalue weighted by molar-refractivity contribution is -0.117. The van der Waals surface area contributed by atoms with Gasteiger partial charge in [0.05, 0.1) is 45.2 Å². The molecule has 65 heavy (non-hydrogen) atoms. The first kappa shape index (κ1) is 47.5. The van der Waals surface area contributed by atoms with Crippen molar-refractivity contribution in [2.75, 3.05) is 51.6 Å². The zero-order chi connectivity index (χ0) is 44.6. The Hall–Kier alpha value is -5.48. The number of aliphatic imine (C=N–C) groups is 1. The summed E-state index contributed by atoms with van der Waals surface area (Å²) in [5, 5.41) is 13.5. The van der Waals surface area contributed by atoms with Gasteiger partial charge in [-0.1, -0.05) is 60.1 Å². The molecule has 4 aromatic carbocycles. The zero-order valence-electron chi connectivity index (χ0n) is 36.7. The van der Waals surface area contributed by atoms with Crippen LogP contribution < -0.4 is 10.1 Å². The normalized spacial score (nSPS) is 13.9. The largest absolute Gasteiger partial charge is 0.491 e. The standard InChI is InChI=1S/C50H50ClN5O7S.H2S/c1-31-32(2)64-50-47(31)48(34-11-13-40(51)14-12-34)53-44(49-55-54-33(3)56(49)50)30-46(59)52-41-15-17-43(18-16-41)63-25-24-62-23-22-61-21-20-60-19-5-8-45(58)38-7-4-6-35(26-38)36-9-10-37-28-42(57)29-39(37)27-36;/h4,6-7,9-18,26-27,44H,5,8,19-25,28-30H2,1-3H3,(H,52,59);1H2/t44-;/m0./s1. The lowest BCUT2D eigenvalue weighted by Gasteiger charge is -2.13. The van der Waals surface area contributed by atoms with Crippen molar-refractivity contribution >= 4 is 65.3 Å². The van der Waals surface area contributed by atoms with Crippen molar-refractivity contribution < 1.29 is 33.3 Å². The Labute approximate surface area is 394 Å². The van der Waals surface area contributed by atoms with Crippen LogP contribution in [0.25, 0.3) is 16.1 Å². The van der Waals surface area contributed by atoms with Gasteiger partial charge in [-0.2, -0.15) is 13.5 Å². The molecule has 2 aromatic heterocycles. The number of Topliss-reactive ketones (excluding diaryl/α,β-unsaturated/α-hetero) is 2. The maximum Gasteiger partial charge on any atom is 0.227 e. The molecule has 0 bridgehead atoms. The van der Waals surface area contributed by atoms with E-state index in [4.69, 9.17) is 35.5 Å². The second-order valence-electron chi connectivity index (χ2n) is 15.9. The number of halogens is 1. The third kappa shape index (κ3) is 11.7. The smallest absolute Gasteiger partial charge is 0.227 e. The van der Waals surface area contributed by atoms with Gasteiger partial charge < -0.3 is 24.3 Å². The summed E-state index contributed by atoms with van der Waals surface area (Å²) in [7, 11) is 0. The molecule has 0 saturated heterocycles. The molecule has 6 aromatic rings. The first-order chi connectivity index (χ1) is 31.1. The first-order valence-electron chi connectivity index (χ1n) is 21.5. The quantitative estimate of drug-likeness (QED) is 0.0585. The second kappa shape index (κ2) is 22.1. The van der Waals surface area contributed by atoms with E-state index in [2.05, 4.69) is 35.4 Å². The Morgan fingerprint density at radius 2 is 1.46 bits per heavy atom. The number of hydrogen-bond donors (Lipinski definition) is 1. The van der Waals surface area contributed by atoms with Gasteiger partial charge in [0, 0.05) is 58.1 Å². The molecule has 338 valence electrons. The monoisotopic (exact) mass is 933 g/mol. The molecule has 15 heteroatoms. The summed E-state index contributed by atoms with van der Waals surface area (Å²) in [5.74, 6) is 2.13. The van der Waals surface area contributed by atoms with Crippen molar-refractivity contribution in [2.45, 2.75) is 58.9 Å². The molecule has 12 nitrogen and oxygen atoms in total. The maximum atomic E-state index is 13.5. The number of nitrogens with zero attached hydrogens (tertiary/aromatic N) is 4. The maximum absolute atomic E-state index is 13.5. The fourth-order valence-electron chi connectivity index (χ4n) is 7.90. The Morgan fingerprint density at radius 1 is 0.785 bits per heavy atom. The number of anilines is 1. The number of fused-ring (bicyclic) bond motifs is 4. The summed E-state index contributed by atoms with van der Waals surface area (Å²) < 4.78 is 24.8. The second-order valence-corrected chi connectivity index (χ2v) is 17.5. The number of aryl methyl sites for hydroxylation is 2. The van der Waals surface area contributed by atoms with Gasteiger partial charge in [-0.25, -0.2) is 0 Å². The zero-order valence-corrected chi connectivity index (χ0v) is 39.2. The van der Waals surface area contributed by atoms with E-state index in [0.717, 1.165) is 55.5 Å². The van der Waals surface area contributed by atoms with Gasteiger partial charge in [0.25, 0.3) is 0 Å². The molecule has 0 fully saturated rings. The average Bonchev–Trinajstić information content (AvgIpc) is 3.93. The SMILES string of the molecule is Cc1sc2c(c1C)C(c1ccc(Cl)cc1)=N[C@@H](CC(=O)Nc1ccc(OCCOCCOCCOCCCC(=O)c3cccc(-c4ccc5c(c4)CC(=O)C5)c3)cc1)c1nnc(C)n1-2.S. The number of amides is 1. The third-order valence-corrected chi connectivity index (χ3v) is 12.8. The molecule has 1 amide bonds. The van der Waals surface area contributed by atoms with Crippen molar-refractivity contribution in [1.82, 2.24) is 14.8 Å².